The standard InChI is InChI=1S/C6H7N.C5H4BrN.2CH3Br/c1-6-4-2-3-5-7-6;6-5-3-1-2-4-7-5;2*1-2/h2-5H,1H3;1-4H;2*1H3. The fourth-order valence-electron chi connectivity index (χ4n) is 0.790. The Morgan fingerprint density at radius 1 is 0.778 bits per heavy atom. The Labute approximate surface area is 135 Å². The second-order valence-corrected chi connectivity index (χ2v) is 3.44. The molecule has 0 bridgehead atoms. The highest BCUT2D eigenvalue weighted by Gasteiger charge is 1.76. The van der Waals surface area contributed by atoms with E-state index in [4.69, 9.17) is 0 Å². The van der Waals surface area contributed by atoms with Gasteiger partial charge in [0.05, 0.1) is 0 Å². The average molecular weight is 441 g/mol. The fourth-order valence-corrected chi connectivity index (χ4v) is 1.06. The van der Waals surface area contributed by atoms with Crippen molar-refractivity contribution in [3.8, 4) is 0 Å². The summed E-state index contributed by atoms with van der Waals surface area (Å²) in [5.74, 6) is 3.62. The highest BCUT2D eigenvalue weighted by atomic mass is 79.9. The van der Waals surface area contributed by atoms with Gasteiger partial charge in [0.25, 0.3) is 0 Å². The summed E-state index contributed by atoms with van der Waals surface area (Å²) in [4.78, 5) is 7.88. The summed E-state index contributed by atoms with van der Waals surface area (Å²) >= 11 is 9.08. The van der Waals surface area contributed by atoms with Gasteiger partial charge in [0.15, 0.2) is 0 Å². The van der Waals surface area contributed by atoms with Gasteiger partial charge in [-0.3, -0.25) is 4.98 Å². The summed E-state index contributed by atoms with van der Waals surface area (Å²) in [6.07, 6.45) is 3.53. The molecule has 0 amide bonds. The lowest BCUT2D eigenvalue weighted by Gasteiger charge is -1.82. The van der Waals surface area contributed by atoms with Crippen LogP contribution in [0.1, 0.15) is 5.69 Å². The van der Waals surface area contributed by atoms with E-state index in [1.807, 2.05) is 55.0 Å². The van der Waals surface area contributed by atoms with E-state index < -0.39 is 0 Å². The van der Waals surface area contributed by atoms with Crippen LogP contribution in [0.3, 0.4) is 0 Å². The minimum atomic E-state index is 0.884. The second-order valence-electron chi connectivity index (χ2n) is 2.62. The van der Waals surface area contributed by atoms with Crippen molar-refractivity contribution in [2.75, 3.05) is 11.7 Å². The number of aromatic nitrogens is 2. The number of hydrogen-bond donors (Lipinski definition) is 0. The summed E-state index contributed by atoms with van der Waals surface area (Å²) < 4.78 is 0.884. The van der Waals surface area contributed by atoms with Gasteiger partial charge >= 0.3 is 0 Å². The van der Waals surface area contributed by atoms with Crippen molar-refractivity contribution >= 4 is 47.8 Å². The Morgan fingerprint density at radius 2 is 1.28 bits per heavy atom. The normalized spacial score (nSPS) is 7.44. The highest BCUT2D eigenvalue weighted by molar-refractivity contribution is 9.10. The predicted octanol–water partition coefficient (Wildman–Crippen LogP) is 5.26. The van der Waals surface area contributed by atoms with Crippen LogP contribution in [0.25, 0.3) is 0 Å². The molecule has 2 rings (SSSR count). The molecule has 18 heavy (non-hydrogen) atoms. The van der Waals surface area contributed by atoms with Gasteiger partial charge in [0, 0.05) is 18.1 Å². The maximum absolute atomic E-state index is 3.98. The zero-order valence-corrected chi connectivity index (χ0v) is 15.4. The third-order valence-electron chi connectivity index (χ3n) is 1.44. The van der Waals surface area contributed by atoms with Gasteiger partial charge in [0.1, 0.15) is 4.60 Å². The number of hydrogen-bond acceptors (Lipinski definition) is 2. The largest absolute Gasteiger partial charge is 0.262 e. The first-order valence-corrected chi connectivity index (χ1v) is 8.95. The van der Waals surface area contributed by atoms with Crippen LogP contribution in [0.4, 0.5) is 0 Å². The summed E-state index contributed by atoms with van der Waals surface area (Å²) in [5, 5.41) is 0. The Kier molecular flexibility index (Phi) is 18.7. The first-order valence-electron chi connectivity index (χ1n) is 4.99. The molecule has 0 atom stereocenters. The average Bonchev–Trinajstić information content (AvgIpc) is 2.46. The van der Waals surface area contributed by atoms with E-state index in [0.717, 1.165) is 10.3 Å². The molecule has 2 heterocycles. The quantitative estimate of drug-likeness (QED) is 0.412. The van der Waals surface area contributed by atoms with Gasteiger partial charge in [-0.25, -0.2) is 4.98 Å². The predicted molar refractivity (Wildman–Crippen MR) is 90.6 cm³/mol. The van der Waals surface area contributed by atoms with Crippen molar-refractivity contribution in [2.24, 2.45) is 0 Å². The van der Waals surface area contributed by atoms with Crippen molar-refractivity contribution in [1.82, 2.24) is 9.97 Å². The summed E-state index contributed by atoms with van der Waals surface area (Å²) in [5.41, 5.74) is 1.07. The van der Waals surface area contributed by atoms with Gasteiger partial charge < -0.3 is 0 Å². The first-order chi connectivity index (χ1) is 8.79. The molecule has 0 aromatic carbocycles. The highest BCUT2D eigenvalue weighted by Crippen LogP contribution is 2.00. The number of pyridine rings is 2. The smallest absolute Gasteiger partial charge is 0.106 e. The molecular formula is C13H17Br3N2. The molecule has 0 radical (unpaired) electrons. The molecule has 0 aliphatic rings. The third-order valence-corrected chi connectivity index (χ3v) is 1.91. The van der Waals surface area contributed by atoms with E-state index in [9.17, 15) is 0 Å². The molecule has 0 N–H and O–H groups in total. The molecule has 0 aliphatic carbocycles. The molecule has 0 fully saturated rings. The van der Waals surface area contributed by atoms with Gasteiger partial charge in [-0.2, -0.15) is 0 Å². The molecule has 0 saturated carbocycles. The fraction of sp³-hybridized carbons (Fsp3) is 0.231. The second kappa shape index (κ2) is 16.7. The van der Waals surface area contributed by atoms with Gasteiger partial charge in [0.2, 0.25) is 0 Å². The minimum absolute atomic E-state index is 0.884. The van der Waals surface area contributed by atoms with Crippen molar-refractivity contribution in [1.29, 1.82) is 0 Å². The topological polar surface area (TPSA) is 25.8 Å². The maximum atomic E-state index is 3.98. The van der Waals surface area contributed by atoms with Crippen LogP contribution in [0.15, 0.2) is 53.4 Å². The Balaban J connectivity index is 0. The molecular weight excluding hydrogens is 424 g/mol. The lowest BCUT2D eigenvalue weighted by molar-refractivity contribution is 1.20. The number of halogens is 3. The van der Waals surface area contributed by atoms with E-state index in [-0.39, 0.29) is 0 Å². The van der Waals surface area contributed by atoms with E-state index in [1.54, 1.807) is 12.4 Å². The third kappa shape index (κ3) is 13.8. The summed E-state index contributed by atoms with van der Waals surface area (Å²) in [7, 11) is 0. The molecule has 2 aromatic rings. The van der Waals surface area contributed by atoms with Crippen molar-refractivity contribution < 1.29 is 0 Å². The van der Waals surface area contributed by atoms with E-state index >= 15 is 0 Å². The maximum Gasteiger partial charge on any atom is 0.106 e. The van der Waals surface area contributed by atoms with Crippen LogP contribution in [-0.2, 0) is 0 Å². The number of aryl methyl sites for hydroxylation is 1. The number of rotatable bonds is 0. The van der Waals surface area contributed by atoms with Crippen molar-refractivity contribution in [2.45, 2.75) is 6.92 Å². The first kappa shape index (κ1) is 20.1. The Bertz CT molecular complexity index is 318. The zero-order chi connectivity index (χ0) is 14.2. The zero-order valence-electron chi connectivity index (χ0n) is 10.6. The Hall–Kier alpha value is -0.260. The van der Waals surface area contributed by atoms with E-state index in [2.05, 4.69) is 57.8 Å². The lowest BCUT2D eigenvalue weighted by atomic mass is 10.4. The molecule has 0 spiro atoms. The van der Waals surface area contributed by atoms with Gasteiger partial charge in [-0.15, -0.1) is 0 Å². The summed E-state index contributed by atoms with van der Waals surface area (Å²) in [6, 6.07) is 11.6. The van der Waals surface area contributed by atoms with Crippen LogP contribution in [0, 0.1) is 6.92 Å². The summed E-state index contributed by atoms with van der Waals surface area (Å²) in [6.45, 7) is 1.97. The molecule has 5 heteroatoms. The molecule has 0 unspecified atom stereocenters. The lowest BCUT2D eigenvalue weighted by Crippen LogP contribution is -1.72. The van der Waals surface area contributed by atoms with Crippen LogP contribution in [0.2, 0.25) is 0 Å². The van der Waals surface area contributed by atoms with E-state index in [1.165, 1.54) is 0 Å². The minimum Gasteiger partial charge on any atom is -0.262 e. The van der Waals surface area contributed by atoms with Crippen molar-refractivity contribution in [3.63, 3.8) is 0 Å². The van der Waals surface area contributed by atoms with Crippen LogP contribution in [-0.4, -0.2) is 21.6 Å². The van der Waals surface area contributed by atoms with Gasteiger partial charge in [-0.1, -0.05) is 44.0 Å². The van der Waals surface area contributed by atoms with E-state index in [0.29, 0.717) is 0 Å². The molecule has 0 saturated heterocycles. The molecule has 2 aromatic heterocycles. The number of alkyl halides is 2. The molecule has 0 aliphatic heterocycles. The molecule has 100 valence electrons. The SMILES string of the molecule is Brc1ccccn1.CBr.CBr.Cc1ccccn1. The van der Waals surface area contributed by atoms with Crippen LogP contribution >= 0.6 is 47.8 Å². The van der Waals surface area contributed by atoms with Crippen LogP contribution < -0.4 is 0 Å². The van der Waals surface area contributed by atoms with Crippen molar-refractivity contribution in [3.05, 3.63) is 59.1 Å². The monoisotopic (exact) mass is 438 g/mol. The Morgan fingerprint density at radius 3 is 1.44 bits per heavy atom. The number of nitrogens with zero attached hydrogens (tertiary/aromatic N) is 2. The van der Waals surface area contributed by atoms with Crippen LogP contribution in [0.5, 0.6) is 0 Å². The van der Waals surface area contributed by atoms with Gasteiger partial charge in [-0.05, 0) is 58.8 Å². The molecule has 2 nitrogen and oxygen atoms in total.